The summed E-state index contributed by atoms with van der Waals surface area (Å²) in [6.07, 6.45) is 1.23. The molecular formula is C12H21N3O. The summed E-state index contributed by atoms with van der Waals surface area (Å²) in [5, 5.41) is 7.48. The standard InChI is InChI=1S/C12H21N3O/c1-9(2)13-11-4-5-15(7-11)8-12-6-10(3)14-16-12/h6,9,11,13H,4-5,7-8H2,1-3H3. The topological polar surface area (TPSA) is 41.3 Å². The van der Waals surface area contributed by atoms with Gasteiger partial charge >= 0.3 is 0 Å². The SMILES string of the molecule is Cc1cc(CN2CCC(NC(C)C)C2)on1. The van der Waals surface area contributed by atoms with E-state index < -0.39 is 0 Å². The van der Waals surface area contributed by atoms with Crippen molar-refractivity contribution in [1.29, 1.82) is 0 Å². The summed E-state index contributed by atoms with van der Waals surface area (Å²) in [4.78, 5) is 2.42. The molecule has 90 valence electrons. The third kappa shape index (κ3) is 3.06. The molecule has 4 nitrogen and oxygen atoms in total. The highest BCUT2D eigenvalue weighted by Gasteiger charge is 2.23. The third-order valence-electron chi connectivity index (χ3n) is 2.90. The lowest BCUT2D eigenvalue weighted by Crippen LogP contribution is -2.36. The highest BCUT2D eigenvalue weighted by atomic mass is 16.5. The molecule has 0 bridgehead atoms. The Morgan fingerprint density at radius 1 is 1.62 bits per heavy atom. The predicted molar refractivity (Wildman–Crippen MR) is 63.2 cm³/mol. The minimum atomic E-state index is 0.567. The van der Waals surface area contributed by atoms with E-state index in [9.17, 15) is 0 Å². The molecule has 1 N–H and O–H groups in total. The second-order valence-electron chi connectivity index (χ2n) is 4.98. The van der Waals surface area contributed by atoms with E-state index in [0.29, 0.717) is 12.1 Å². The lowest BCUT2D eigenvalue weighted by Gasteiger charge is -2.17. The zero-order valence-corrected chi connectivity index (χ0v) is 10.4. The Balaban J connectivity index is 1.80. The van der Waals surface area contributed by atoms with Gasteiger partial charge in [-0.2, -0.15) is 0 Å². The van der Waals surface area contributed by atoms with Gasteiger partial charge in [0.25, 0.3) is 0 Å². The molecule has 1 aliphatic heterocycles. The number of rotatable bonds is 4. The van der Waals surface area contributed by atoms with Crippen molar-refractivity contribution in [2.75, 3.05) is 13.1 Å². The van der Waals surface area contributed by atoms with Gasteiger partial charge in [-0.15, -0.1) is 0 Å². The lowest BCUT2D eigenvalue weighted by molar-refractivity contribution is 0.266. The molecule has 1 unspecified atom stereocenters. The summed E-state index contributed by atoms with van der Waals surface area (Å²) in [6.45, 7) is 9.49. The maximum Gasteiger partial charge on any atom is 0.150 e. The van der Waals surface area contributed by atoms with Crippen LogP contribution in [0.2, 0.25) is 0 Å². The molecule has 0 spiro atoms. The van der Waals surface area contributed by atoms with Crippen molar-refractivity contribution in [2.45, 2.75) is 45.8 Å². The number of hydrogen-bond donors (Lipinski definition) is 1. The van der Waals surface area contributed by atoms with Gasteiger partial charge in [-0.05, 0) is 13.3 Å². The van der Waals surface area contributed by atoms with E-state index in [0.717, 1.165) is 31.1 Å². The van der Waals surface area contributed by atoms with Crippen LogP contribution in [0.15, 0.2) is 10.6 Å². The predicted octanol–water partition coefficient (Wildman–Crippen LogP) is 1.56. The van der Waals surface area contributed by atoms with Crippen molar-refractivity contribution in [1.82, 2.24) is 15.4 Å². The molecule has 0 aliphatic carbocycles. The summed E-state index contributed by atoms with van der Waals surface area (Å²) in [6, 6.07) is 3.21. The average Bonchev–Trinajstić information content (AvgIpc) is 2.76. The van der Waals surface area contributed by atoms with E-state index in [4.69, 9.17) is 4.52 Å². The summed E-state index contributed by atoms with van der Waals surface area (Å²) in [7, 11) is 0. The van der Waals surface area contributed by atoms with Crippen molar-refractivity contribution < 1.29 is 4.52 Å². The smallest absolute Gasteiger partial charge is 0.150 e. The van der Waals surface area contributed by atoms with Crippen LogP contribution in [0.1, 0.15) is 31.7 Å². The molecule has 16 heavy (non-hydrogen) atoms. The van der Waals surface area contributed by atoms with E-state index in [1.54, 1.807) is 0 Å². The molecule has 2 heterocycles. The minimum Gasteiger partial charge on any atom is -0.360 e. The first-order chi connectivity index (χ1) is 7.63. The van der Waals surface area contributed by atoms with Crippen molar-refractivity contribution in [3.63, 3.8) is 0 Å². The lowest BCUT2D eigenvalue weighted by atomic mass is 10.2. The third-order valence-corrected chi connectivity index (χ3v) is 2.90. The monoisotopic (exact) mass is 223 g/mol. The Morgan fingerprint density at radius 3 is 3.06 bits per heavy atom. The highest BCUT2D eigenvalue weighted by Crippen LogP contribution is 2.14. The molecule has 1 aromatic rings. The molecule has 4 heteroatoms. The van der Waals surface area contributed by atoms with E-state index in [2.05, 4.69) is 29.2 Å². The van der Waals surface area contributed by atoms with Gasteiger partial charge in [0.2, 0.25) is 0 Å². The van der Waals surface area contributed by atoms with Crippen LogP contribution < -0.4 is 5.32 Å². The maximum absolute atomic E-state index is 5.23. The summed E-state index contributed by atoms with van der Waals surface area (Å²) >= 11 is 0. The number of likely N-dealkylation sites (tertiary alicyclic amines) is 1. The van der Waals surface area contributed by atoms with Gasteiger partial charge in [0.1, 0.15) is 0 Å². The van der Waals surface area contributed by atoms with Crippen molar-refractivity contribution >= 4 is 0 Å². The van der Waals surface area contributed by atoms with Crippen molar-refractivity contribution in [3.8, 4) is 0 Å². The van der Waals surface area contributed by atoms with Gasteiger partial charge < -0.3 is 9.84 Å². The molecular weight excluding hydrogens is 202 g/mol. The Kier molecular flexibility index (Phi) is 3.61. The van der Waals surface area contributed by atoms with Crippen molar-refractivity contribution in [3.05, 3.63) is 17.5 Å². The van der Waals surface area contributed by atoms with Crippen LogP contribution in [0.3, 0.4) is 0 Å². The zero-order valence-electron chi connectivity index (χ0n) is 10.4. The van der Waals surface area contributed by atoms with Crippen LogP contribution in [0.5, 0.6) is 0 Å². The first kappa shape index (κ1) is 11.6. The van der Waals surface area contributed by atoms with Gasteiger partial charge in [-0.3, -0.25) is 4.90 Å². The molecule has 0 aromatic carbocycles. The Bertz CT molecular complexity index is 335. The Hall–Kier alpha value is -0.870. The largest absolute Gasteiger partial charge is 0.360 e. The molecule has 1 saturated heterocycles. The molecule has 0 radical (unpaired) electrons. The van der Waals surface area contributed by atoms with E-state index in [1.807, 2.05) is 13.0 Å². The first-order valence-corrected chi connectivity index (χ1v) is 6.04. The second-order valence-corrected chi connectivity index (χ2v) is 4.98. The van der Waals surface area contributed by atoms with Crippen LogP contribution in [0.25, 0.3) is 0 Å². The van der Waals surface area contributed by atoms with Crippen LogP contribution in [-0.4, -0.2) is 35.2 Å². The fourth-order valence-corrected chi connectivity index (χ4v) is 2.29. The van der Waals surface area contributed by atoms with Gasteiger partial charge in [-0.1, -0.05) is 19.0 Å². The quantitative estimate of drug-likeness (QED) is 0.841. The van der Waals surface area contributed by atoms with E-state index in [-0.39, 0.29) is 0 Å². The van der Waals surface area contributed by atoms with Gasteiger partial charge in [-0.25, -0.2) is 0 Å². The number of aryl methyl sites for hydroxylation is 1. The van der Waals surface area contributed by atoms with Crippen LogP contribution in [0, 0.1) is 6.92 Å². The first-order valence-electron chi connectivity index (χ1n) is 6.04. The highest BCUT2D eigenvalue weighted by molar-refractivity contribution is 5.03. The second kappa shape index (κ2) is 4.97. The normalized spacial score (nSPS) is 22.1. The summed E-state index contributed by atoms with van der Waals surface area (Å²) in [5.74, 6) is 0.975. The fraction of sp³-hybridized carbons (Fsp3) is 0.750. The molecule has 1 fully saturated rings. The molecule has 1 aliphatic rings. The molecule has 0 amide bonds. The number of nitrogens with one attached hydrogen (secondary N) is 1. The van der Waals surface area contributed by atoms with Crippen LogP contribution in [-0.2, 0) is 6.54 Å². The summed E-state index contributed by atoms with van der Waals surface area (Å²) < 4.78 is 5.23. The Labute approximate surface area is 97.0 Å². The van der Waals surface area contributed by atoms with E-state index >= 15 is 0 Å². The van der Waals surface area contributed by atoms with E-state index in [1.165, 1.54) is 6.42 Å². The number of hydrogen-bond acceptors (Lipinski definition) is 4. The fourth-order valence-electron chi connectivity index (χ4n) is 2.29. The minimum absolute atomic E-state index is 0.567. The van der Waals surface area contributed by atoms with Crippen LogP contribution in [0.4, 0.5) is 0 Å². The van der Waals surface area contributed by atoms with Gasteiger partial charge in [0.15, 0.2) is 5.76 Å². The molecule has 2 rings (SSSR count). The number of aromatic nitrogens is 1. The average molecular weight is 223 g/mol. The number of nitrogens with zero attached hydrogens (tertiary/aromatic N) is 2. The zero-order chi connectivity index (χ0) is 11.5. The van der Waals surface area contributed by atoms with Crippen LogP contribution >= 0.6 is 0 Å². The Morgan fingerprint density at radius 2 is 2.44 bits per heavy atom. The molecule has 1 atom stereocenters. The molecule has 1 aromatic heterocycles. The van der Waals surface area contributed by atoms with Crippen molar-refractivity contribution in [2.24, 2.45) is 0 Å². The summed E-state index contributed by atoms with van der Waals surface area (Å²) in [5.41, 5.74) is 0.964. The molecule has 0 saturated carbocycles. The van der Waals surface area contributed by atoms with Gasteiger partial charge in [0.05, 0.1) is 12.2 Å². The van der Waals surface area contributed by atoms with Gasteiger partial charge in [0, 0.05) is 31.2 Å². The maximum atomic E-state index is 5.23.